The van der Waals surface area contributed by atoms with Gasteiger partial charge in [0, 0.05) is 26.2 Å². The Labute approximate surface area is 141 Å². The van der Waals surface area contributed by atoms with E-state index in [1.807, 2.05) is 18.2 Å². The zero-order valence-electron chi connectivity index (χ0n) is 13.8. The average molecular weight is 333 g/mol. The highest BCUT2D eigenvalue weighted by Gasteiger charge is 2.25. The Kier molecular flexibility index (Phi) is 6.60. The number of likely N-dealkylation sites (N-methyl/N-ethyl adjacent to an activating group) is 1. The molecule has 3 amide bonds. The first kappa shape index (κ1) is 17.8. The van der Waals surface area contributed by atoms with Gasteiger partial charge in [-0.1, -0.05) is 18.2 Å². The van der Waals surface area contributed by atoms with Gasteiger partial charge < -0.3 is 20.3 Å². The quantitative estimate of drug-likeness (QED) is 0.809. The number of likely N-dealkylation sites (tertiary alicyclic amines) is 1. The zero-order chi connectivity index (χ0) is 17.4. The summed E-state index contributed by atoms with van der Waals surface area (Å²) in [6, 6.07) is 8.96. The molecule has 130 valence electrons. The fourth-order valence-electron chi connectivity index (χ4n) is 2.53. The van der Waals surface area contributed by atoms with Gasteiger partial charge in [-0.05, 0) is 37.8 Å². The third-order valence-corrected chi connectivity index (χ3v) is 3.92. The Balaban J connectivity index is 1.70. The number of amides is 3. The van der Waals surface area contributed by atoms with Gasteiger partial charge in [0.1, 0.15) is 5.75 Å². The Morgan fingerprint density at radius 3 is 2.33 bits per heavy atom. The summed E-state index contributed by atoms with van der Waals surface area (Å²) in [6.45, 7) is 3.78. The van der Waals surface area contributed by atoms with Gasteiger partial charge in [0.2, 0.25) is 0 Å². The lowest BCUT2D eigenvalue weighted by Crippen LogP contribution is -2.45. The van der Waals surface area contributed by atoms with E-state index < -0.39 is 11.8 Å². The van der Waals surface area contributed by atoms with E-state index in [-0.39, 0.29) is 12.0 Å². The van der Waals surface area contributed by atoms with Gasteiger partial charge in [0.15, 0.2) is 0 Å². The van der Waals surface area contributed by atoms with Crippen LogP contribution in [0, 0.1) is 5.92 Å². The number of carbonyl (C=O) groups is 3. The van der Waals surface area contributed by atoms with Crippen molar-refractivity contribution in [1.82, 2.24) is 15.5 Å². The van der Waals surface area contributed by atoms with Gasteiger partial charge in [0.25, 0.3) is 0 Å². The first-order valence-electron chi connectivity index (χ1n) is 8.18. The first-order valence-corrected chi connectivity index (χ1v) is 8.18. The molecule has 7 heteroatoms. The smallest absolute Gasteiger partial charge is 0.410 e. The van der Waals surface area contributed by atoms with Gasteiger partial charge in [-0.2, -0.15) is 0 Å². The third-order valence-electron chi connectivity index (χ3n) is 3.92. The Morgan fingerprint density at radius 2 is 1.71 bits per heavy atom. The molecule has 0 bridgehead atoms. The second kappa shape index (κ2) is 8.90. The molecule has 1 aliphatic heterocycles. The lowest BCUT2D eigenvalue weighted by atomic mass is 9.97. The zero-order valence-corrected chi connectivity index (χ0v) is 13.8. The lowest BCUT2D eigenvalue weighted by molar-refractivity contribution is -0.139. The molecule has 1 heterocycles. The maximum absolute atomic E-state index is 12.1. The van der Waals surface area contributed by atoms with Crippen LogP contribution in [0.3, 0.4) is 0 Å². The Hall–Kier alpha value is -2.57. The van der Waals surface area contributed by atoms with Crippen molar-refractivity contribution in [3.8, 4) is 5.75 Å². The molecule has 1 aliphatic rings. The monoisotopic (exact) mass is 333 g/mol. The molecule has 0 aromatic heterocycles. The van der Waals surface area contributed by atoms with E-state index in [2.05, 4.69) is 10.6 Å². The minimum absolute atomic E-state index is 0.254. The van der Waals surface area contributed by atoms with Crippen LogP contribution in [-0.4, -0.2) is 49.0 Å². The number of hydrogen-bond donors (Lipinski definition) is 2. The van der Waals surface area contributed by atoms with Crippen LogP contribution in [0.4, 0.5) is 4.79 Å². The van der Waals surface area contributed by atoms with Crippen molar-refractivity contribution >= 4 is 17.9 Å². The molecule has 24 heavy (non-hydrogen) atoms. The van der Waals surface area contributed by atoms with Gasteiger partial charge >= 0.3 is 17.9 Å². The molecule has 1 aromatic carbocycles. The van der Waals surface area contributed by atoms with E-state index in [1.54, 1.807) is 24.0 Å². The normalized spacial score (nSPS) is 14.8. The predicted molar refractivity (Wildman–Crippen MR) is 88.5 cm³/mol. The number of ether oxygens (including phenoxy) is 1. The number of hydrogen-bond acceptors (Lipinski definition) is 4. The van der Waals surface area contributed by atoms with Gasteiger partial charge in [0.05, 0.1) is 0 Å². The highest BCUT2D eigenvalue weighted by Crippen LogP contribution is 2.18. The second-order valence-electron chi connectivity index (χ2n) is 5.68. The molecular formula is C17H23N3O4. The minimum atomic E-state index is -0.610. The summed E-state index contributed by atoms with van der Waals surface area (Å²) in [5, 5.41) is 5.09. The molecule has 0 saturated carbocycles. The van der Waals surface area contributed by atoms with Crippen LogP contribution in [-0.2, 0) is 9.59 Å². The van der Waals surface area contributed by atoms with Crippen LogP contribution in [0.15, 0.2) is 30.3 Å². The standard InChI is InChI=1S/C17H23N3O4/c1-2-18-15(21)16(22)19-12-13-8-10-20(11-9-13)17(23)24-14-6-4-3-5-7-14/h3-7,13H,2,8-12H2,1H3,(H,18,21)(H,19,22). The fraction of sp³-hybridized carbons (Fsp3) is 0.471. The lowest BCUT2D eigenvalue weighted by Gasteiger charge is -2.31. The van der Waals surface area contributed by atoms with Gasteiger partial charge in [-0.25, -0.2) is 4.79 Å². The third kappa shape index (κ3) is 5.26. The summed E-state index contributed by atoms with van der Waals surface area (Å²) < 4.78 is 5.31. The number of carbonyl (C=O) groups excluding carboxylic acids is 3. The summed E-state index contributed by atoms with van der Waals surface area (Å²) >= 11 is 0. The SMILES string of the molecule is CCNC(=O)C(=O)NCC1CCN(C(=O)Oc2ccccc2)CC1. The molecule has 1 fully saturated rings. The molecule has 0 unspecified atom stereocenters. The molecule has 0 atom stereocenters. The molecule has 1 aromatic rings. The molecule has 2 N–H and O–H groups in total. The van der Waals surface area contributed by atoms with E-state index in [1.165, 1.54) is 0 Å². The van der Waals surface area contributed by atoms with E-state index >= 15 is 0 Å². The van der Waals surface area contributed by atoms with Crippen LogP contribution >= 0.6 is 0 Å². The summed E-state index contributed by atoms with van der Waals surface area (Å²) in [4.78, 5) is 36.6. The summed E-state index contributed by atoms with van der Waals surface area (Å²) in [5.41, 5.74) is 0. The maximum atomic E-state index is 12.1. The fourth-order valence-corrected chi connectivity index (χ4v) is 2.53. The Bertz CT molecular complexity index is 568. The van der Waals surface area contributed by atoms with E-state index in [4.69, 9.17) is 4.74 Å². The van der Waals surface area contributed by atoms with Gasteiger partial charge in [-0.3, -0.25) is 9.59 Å². The van der Waals surface area contributed by atoms with Crippen LogP contribution in [0.5, 0.6) is 5.75 Å². The van der Waals surface area contributed by atoms with Crippen molar-refractivity contribution in [2.45, 2.75) is 19.8 Å². The molecule has 7 nitrogen and oxygen atoms in total. The number of benzene rings is 1. The van der Waals surface area contributed by atoms with Crippen LogP contribution in [0.2, 0.25) is 0 Å². The summed E-state index contributed by atoms with van der Waals surface area (Å²) in [6.07, 6.45) is 1.17. The van der Waals surface area contributed by atoms with E-state index in [0.29, 0.717) is 31.9 Å². The van der Waals surface area contributed by atoms with Gasteiger partial charge in [-0.15, -0.1) is 0 Å². The molecular weight excluding hydrogens is 310 g/mol. The molecule has 2 rings (SSSR count). The van der Waals surface area contributed by atoms with E-state index in [9.17, 15) is 14.4 Å². The number of para-hydroxylation sites is 1. The van der Waals surface area contributed by atoms with Crippen molar-refractivity contribution in [3.05, 3.63) is 30.3 Å². The minimum Gasteiger partial charge on any atom is -0.410 e. The first-order chi connectivity index (χ1) is 11.6. The molecule has 0 spiro atoms. The highest BCUT2D eigenvalue weighted by molar-refractivity contribution is 6.35. The molecule has 1 saturated heterocycles. The number of piperidine rings is 1. The maximum Gasteiger partial charge on any atom is 0.415 e. The largest absolute Gasteiger partial charge is 0.415 e. The topological polar surface area (TPSA) is 87.7 Å². The van der Waals surface area contributed by atoms with Crippen molar-refractivity contribution in [2.75, 3.05) is 26.2 Å². The summed E-state index contributed by atoms with van der Waals surface area (Å²) in [5.74, 6) is -0.438. The number of nitrogens with zero attached hydrogens (tertiary/aromatic N) is 1. The highest BCUT2D eigenvalue weighted by atomic mass is 16.6. The molecule has 0 radical (unpaired) electrons. The van der Waals surface area contributed by atoms with Crippen LogP contribution < -0.4 is 15.4 Å². The second-order valence-corrected chi connectivity index (χ2v) is 5.68. The van der Waals surface area contributed by atoms with Crippen molar-refractivity contribution in [2.24, 2.45) is 5.92 Å². The molecule has 0 aliphatic carbocycles. The average Bonchev–Trinajstić information content (AvgIpc) is 2.61. The van der Waals surface area contributed by atoms with Crippen LogP contribution in [0.1, 0.15) is 19.8 Å². The number of nitrogens with one attached hydrogen (secondary N) is 2. The Morgan fingerprint density at radius 1 is 1.08 bits per heavy atom. The van der Waals surface area contributed by atoms with Crippen molar-refractivity contribution in [1.29, 1.82) is 0 Å². The van der Waals surface area contributed by atoms with Crippen molar-refractivity contribution < 1.29 is 19.1 Å². The van der Waals surface area contributed by atoms with Crippen molar-refractivity contribution in [3.63, 3.8) is 0 Å². The predicted octanol–water partition coefficient (Wildman–Crippen LogP) is 1.15. The summed E-state index contributed by atoms with van der Waals surface area (Å²) in [7, 11) is 0. The van der Waals surface area contributed by atoms with E-state index in [0.717, 1.165) is 12.8 Å². The number of rotatable bonds is 4. The van der Waals surface area contributed by atoms with Crippen LogP contribution in [0.25, 0.3) is 0 Å².